The summed E-state index contributed by atoms with van der Waals surface area (Å²) in [5.41, 5.74) is 1.95. The summed E-state index contributed by atoms with van der Waals surface area (Å²) in [5, 5.41) is 28.1. The molecule has 3 aromatic heterocycles. The summed E-state index contributed by atoms with van der Waals surface area (Å²) in [4.78, 5) is 51.0. The van der Waals surface area contributed by atoms with Gasteiger partial charge in [-0.2, -0.15) is 0 Å². The smallest absolute Gasteiger partial charge is 0.548 e. The molecule has 0 amide bonds. The van der Waals surface area contributed by atoms with Crippen LogP contribution in [0.15, 0.2) is 47.7 Å². The van der Waals surface area contributed by atoms with E-state index in [0.717, 1.165) is 15.9 Å². The molecular weight excluding hydrogens is 581 g/mol. The zero-order valence-corrected chi connectivity index (χ0v) is 26.9. The van der Waals surface area contributed by atoms with E-state index in [4.69, 9.17) is 9.47 Å². The number of carboxylic acid groups (broad SMARTS) is 1. The van der Waals surface area contributed by atoms with Gasteiger partial charge in [-0.1, -0.05) is 56.3 Å². The van der Waals surface area contributed by atoms with E-state index >= 15 is 0 Å². The van der Waals surface area contributed by atoms with Crippen LogP contribution in [0.3, 0.4) is 0 Å². The second-order valence-electron chi connectivity index (χ2n) is 10.6. The number of aliphatic hydroxyl groups excluding tert-OH is 1. The number of H-pyrrole nitrogens is 2. The number of carbonyl (C=O) groups excluding carboxylic acids is 2. The molecule has 0 fully saturated rings. The molecule has 1 atom stereocenters. The number of rotatable bonds is 12. The van der Waals surface area contributed by atoms with Gasteiger partial charge in [0.15, 0.2) is 0 Å². The Balaban J connectivity index is 0.00000529. The summed E-state index contributed by atoms with van der Waals surface area (Å²) >= 11 is 0. The maximum absolute atomic E-state index is 12.9. The zero-order valence-electron chi connectivity index (χ0n) is 24.9. The first-order valence-corrected chi connectivity index (χ1v) is 13.5. The summed E-state index contributed by atoms with van der Waals surface area (Å²) in [6, 6.07) is 7.86. The van der Waals surface area contributed by atoms with Crippen molar-refractivity contribution in [2.24, 2.45) is 0 Å². The summed E-state index contributed by atoms with van der Waals surface area (Å²) in [7, 11) is 0. The largest absolute Gasteiger partial charge is 1.00 e. The Hall–Kier alpha value is -4.11. The minimum Gasteiger partial charge on any atom is -0.548 e. The fourth-order valence-electron chi connectivity index (χ4n) is 4.11. The number of aliphatic carboxylic acids is 1. The van der Waals surface area contributed by atoms with Gasteiger partial charge in [0.25, 0.3) is 5.56 Å². The number of carbonyl (C=O) groups is 2. The molecule has 0 saturated heterocycles. The first-order chi connectivity index (χ1) is 20.5. The van der Waals surface area contributed by atoms with Crippen molar-refractivity contribution < 1.29 is 58.8 Å². The van der Waals surface area contributed by atoms with Gasteiger partial charge in [0.1, 0.15) is 16.7 Å². The van der Waals surface area contributed by atoms with E-state index in [2.05, 4.69) is 30.2 Å². The molecule has 3 heterocycles. The average molecular weight is 614 g/mol. The Bertz CT molecular complexity index is 1740. The second-order valence-corrected chi connectivity index (χ2v) is 10.6. The van der Waals surface area contributed by atoms with Crippen LogP contribution < -0.4 is 55.7 Å². The predicted octanol–water partition coefficient (Wildman–Crippen LogP) is -3.77. The number of imidazole rings is 1. The van der Waals surface area contributed by atoms with Gasteiger partial charge in [-0.3, -0.25) is 9.59 Å². The molecule has 0 spiro atoms. The van der Waals surface area contributed by atoms with E-state index in [-0.39, 0.29) is 58.0 Å². The van der Waals surface area contributed by atoms with E-state index in [1.54, 1.807) is 18.5 Å². The third-order valence-electron chi connectivity index (χ3n) is 6.29. The van der Waals surface area contributed by atoms with Crippen molar-refractivity contribution in [3.05, 3.63) is 86.6 Å². The van der Waals surface area contributed by atoms with Crippen molar-refractivity contribution in [2.75, 3.05) is 13.4 Å². The first kappa shape index (κ1) is 34.4. The third-order valence-corrected chi connectivity index (χ3v) is 6.29. The van der Waals surface area contributed by atoms with Gasteiger partial charge in [-0.25, -0.2) is 14.6 Å². The van der Waals surface area contributed by atoms with Crippen LogP contribution in [0.2, 0.25) is 0 Å². The van der Waals surface area contributed by atoms with Crippen molar-refractivity contribution in [1.82, 2.24) is 34.9 Å². The Kier molecular flexibility index (Phi) is 12.2. The number of aromatic nitrogens is 7. The molecule has 44 heavy (non-hydrogen) atoms. The monoisotopic (exact) mass is 613 g/mol. The Morgan fingerprint density at radius 1 is 1.18 bits per heavy atom. The van der Waals surface area contributed by atoms with E-state index in [0.29, 0.717) is 24.2 Å². The molecule has 1 aromatic carbocycles. The van der Waals surface area contributed by atoms with Crippen LogP contribution in [-0.4, -0.2) is 65.4 Å². The Morgan fingerprint density at radius 3 is 2.61 bits per heavy atom. The van der Waals surface area contributed by atoms with Crippen molar-refractivity contribution in [3.63, 3.8) is 0 Å². The molecule has 0 aliphatic rings. The van der Waals surface area contributed by atoms with Gasteiger partial charge in [-0.15, -0.1) is 5.10 Å². The molecular formula is C29H32N7NaO7. The van der Waals surface area contributed by atoms with Crippen LogP contribution in [0, 0.1) is 0 Å². The molecule has 226 valence electrons. The number of benzene rings is 1. The number of ether oxygens (including phenoxy) is 2. The number of aryl methyl sites for hydroxylation is 1. The summed E-state index contributed by atoms with van der Waals surface area (Å²) in [6.07, 6.45) is 6.87. The third kappa shape index (κ3) is 9.19. The molecule has 0 unspecified atom stereocenters. The number of aromatic amines is 2. The Labute approximate surface area is 274 Å². The van der Waals surface area contributed by atoms with Crippen LogP contribution in [0.1, 0.15) is 62.3 Å². The molecule has 0 bridgehead atoms. The summed E-state index contributed by atoms with van der Waals surface area (Å²) < 4.78 is 12.0. The van der Waals surface area contributed by atoms with Crippen molar-refractivity contribution in [1.29, 1.82) is 0 Å². The molecule has 0 radical (unpaired) electrons. The van der Waals surface area contributed by atoms with E-state index < -0.39 is 36.9 Å². The molecule has 4 rings (SSSR count). The van der Waals surface area contributed by atoms with Crippen LogP contribution in [0.5, 0.6) is 5.88 Å². The fourth-order valence-corrected chi connectivity index (χ4v) is 4.11. The SMILES string of the molecule is CC(C)(C)c1[nH]cnc1/C=c1\[nH]c(=O)/c(=C/c2ccccc2)nc1OCOC(=O)CCCc1cn([C@@H](CO)C(=O)[O-])nn1.[Na+]. The van der Waals surface area contributed by atoms with Crippen molar-refractivity contribution >= 4 is 24.1 Å². The number of hydrogen-bond acceptors (Lipinski definition) is 11. The number of hydrogen-bond donors (Lipinski definition) is 3. The average Bonchev–Trinajstić information content (AvgIpc) is 3.62. The quantitative estimate of drug-likeness (QED) is 0.0805. The van der Waals surface area contributed by atoms with E-state index in [9.17, 15) is 24.6 Å². The molecule has 4 aromatic rings. The van der Waals surface area contributed by atoms with Crippen LogP contribution >= 0.6 is 0 Å². The van der Waals surface area contributed by atoms with Crippen molar-refractivity contribution in [3.8, 4) is 5.88 Å². The fraction of sp³-hybridized carbons (Fsp3) is 0.345. The second kappa shape index (κ2) is 15.6. The van der Waals surface area contributed by atoms with Crippen molar-refractivity contribution in [2.45, 2.75) is 51.5 Å². The molecule has 14 nitrogen and oxygen atoms in total. The summed E-state index contributed by atoms with van der Waals surface area (Å²) in [6.45, 7) is 4.92. The maximum Gasteiger partial charge on any atom is 1.00 e. The molecule has 0 aliphatic carbocycles. The van der Waals surface area contributed by atoms with E-state index in [1.165, 1.54) is 6.20 Å². The molecule has 3 N–H and O–H groups in total. The first-order valence-electron chi connectivity index (χ1n) is 13.5. The van der Waals surface area contributed by atoms with Gasteiger partial charge in [0.05, 0.1) is 30.3 Å². The number of aliphatic hydroxyl groups is 1. The van der Waals surface area contributed by atoms with Crippen LogP contribution in [-0.2, 0) is 26.2 Å². The number of nitrogens with zero attached hydrogens (tertiary/aromatic N) is 5. The molecule has 0 saturated carbocycles. The van der Waals surface area contributed by atoms with Crippen LogP contribution in [0.25, 0.3) is 12.2 Å². The topological polar surface area (TPSA) is 201 Å². The van der Waals surface area contributed by atoms with Gasteiger partial charge < -0.3 is 34.4 Å². The minimum atomic E-state index is -1.48. The Morgan fingerprint density at radius 2 is 1.93 bits per heavy atom. The van der Waals surface area contributed by atoms with Gasteiger partial charge in [0, 0.05) is 23.7 Å². The molecule has 0 aliphatic heterocycles. The standard InChI is InChI=1S/C29H33N7O7.Na/c1-29(2,3)25-20(30-16-31-25)13-22-27(33-21(26(39)32-22)12-18-8-5-4-6-9-18)43-17-42-24(38)11-7-10-19-14-36(35-34-19)23(15-37)28(40)41;/h4-6,8-9,12-14,16,23,37H,7,10-11,15,17H2,1-3H3,(H,30,31)(H,32,39)(H,40,41);/q;+1/p-1/b21-12-,22-13-;/t23-;/m0./s1. The van der Waals surface area contributed by atoms with Crippen LogP contribution in [0.4, 0.5) is 0 Å². The maximum atomic E-state index is 12.9. The number of esters is 1. The van der Waals surface area contributed by atoms with Gasteiger partial charge >= 0.3 is 35.5 Å². The molecule has 15 heteroatoms. The predicted molar refractivity (Wildman–Crippen MR) is 151 cm³/mol. The van der Waals surface area contributed by atoms with Gasteiger partial charge in [0.2, 0.25) is 12.7 Å². The van der Waals surface area contributed by atoms with E-state index in [1.807, 2.05) is 51.1 Å². The zero-order chi connectivity index (χ0) is 31.0. The number of carboxylic acids is 1. The summed E-state index contributed by atoms with van der Waals surface area (Å²) in [5.74, 6) is -1.99. The number of nitrogens with one attached hydrogen (secondary N) is 2. The normalized spacial score (nSPS) is 12.9. The van der Waals surface area contributed by atoms with Gasteiger partial charge in [-0.05, 0) is 30.6 Å². The minimum absolute atomic E-state index is 0.